The number of benzene rings is 1. The van der Waals surface area contributed by atoms with Gasteiger partial charge in [0.25, 0.3) is 0 Å². The molecule has 0 unspecified atom stereocenters. The molecule has 1 heterocycles. The number of aliphatic carboxylic acids is 1. The predicted molar refractivity (Wildman–Crippen MR) is 78.1 cm³/mol. The minimum atomic E-state index is -0.812. The van der Waals surface area contributed by atoms with Crippen LogP contribution in [0.3, 0.4) is 0 Å². The Morgan fingerprint density at radius 1 is 1.53 bits per heavy atom. The lowest BCUT2D eigenvalue weighted by Gasteiger charge is -2.49. The highest BCUT2D eigenvalue weighted by Crippen LogP contribution is 2.45. The molecule has 0 aromatic heterocycles. The van der Waals surface area contributed by atoms with Crippen LogP contribution in [-0.2, 0) is 4.79 Å². The highest BCUT2D eigenvalue weighted by Gasteiger charge is 2.40. The van der Waals surface area contributed by atoms with Gasteiger partial charge in [-0.2, -0.15) is 0 Å². The molecule has 0 aliphatic carbocycles. The van der Waals surface area contributed by atoms with Gasteiger partial charge in [0.15, 0.2) is 0 Å². The number of nitrogens with zero attached hydrogens (tertiary/aromatic N) is 1. The molecular formula is C15H20ClNO2. The number of carboxylic acids is 1. The molecule has 2 rings (SSSR count). The molecule has 19 heavy (non-hydrogen) atoms. The molecular weight excluding hydrogens is 262 g/mol. The summed E-state index contributed by atoms with van der Waals surface area (Å²) in [5.74, 6) is -0.409. The van der Waals surface area contributed by atoms with Gasteiger partial charge in [-0.25, -0.2) is 4.79 Å². The third-order valence-electron chi connectivity index (χ3n) is 3.99. The molecule has 104 valence electrons. The second-order valence-corrected chi connectivity index (χ2v) is 6.44. The Hall–Kier alpha value is -1.22. The molecule has 3 nitrogen and oxygen atoms in total. The maximum Gasteiger partial charge on any atom is 0.326 e. The first kappa shape index (κ1) is 14.2. The van der Waals surface area contributed by atoms with Crippen LogP contribution in [0.1, 0.15) is 45.6 Å². The van der Waals surface area contributed by atoms with Crippen LogP contribution in [0.4, 0.5) is 5.69 Å². The molecule has 1 aromatic rings. The van der Waals surface area contributed by atoms with Crippen molar-refractivity contribution in [2.24, 2.45) is 0 Å². The molecule has 0 amide bonds. The third kappa shape index (κ3) is 2.44. The van der Waals surface area contributed by atoms with E-state index in [9.17, 15) is 9.90 Å². The first-order chi connectivity index (χ1) is 8.74. The summed E-state index contributed by atoms with van der Waals surface area (Å²) in [7, 11) is 0. The van der Waals surface area contributed by atoms with Crippen molar-refractivity contribution in [2.45, 2.75) is 51.6 Å². The van der Waals surface area contributed by atoms with Crippen molar-refractivity contribution in [1.82, 2.24) is 0 Å². The van der Waals surface area contributed by atoms with E-state index in [-0.39, 0.29) is 5.54 Å². The second kappa shape index (κ2) is 4.71. The van der Waals surface area contributed by atoms with Gasteiger partial charge in [0, 0.05) is 16.2 Å². The number of hydrogen-bond acceptors (Lipinski definition) is 2. The van der Waals surface area contributed by atoms with Crippen molar-refractivity contribution in [3.05, 3.63) is 28.8 Å². The average Bonchev–Trinajstić information content (AvgIpc) is 2.26. The van der Waals surface area contributed by atoms with Crippen LogP contribution >= 0.6 is 11.6 Å². The lowest BCUT2D eigenvalue weighted by Crippen LogP contribution is -2.55. The Labute approximate surface area is 119 Å². The lowest BCUT2D eigenvalue weighted by molar-refractivity contribution is -0.138. The van der Waals surface area contributed by atoms with Gasteiger partial charge in [0.05, 0.1) is 0 Å². The predicted octanol–water partition coefficient (Wildman–Crippen LogP) is 3.91. The summed E-state index contributed by atoms with van der Waals surface area (Å²) in [5.41, 5.74) is 1.93. The zero-order valence-corrected chi connectivity index (χ0v) is 12.5. The van der Waals surface area contributed by atoms with Crippen molar-refractivity contribution in [2.75, 3.05) is 4.90 Å². The van der Waals surface area contributed by atoms with E-state index in [1.54, 1.807) is 6.92 Å². The number of anilines is 1. The van der Waals surface area contributed by atoms with E-state index in [0.29, 0.717) is 10.9 Å². The number of fused-ring (bicyclic) bond motifs is 1. The van der Waals surface area contributed by atoms with Crippen molar-refractivity contribution in [1.29, 1.82) is 0 Å². The number of carbonyl (C=O) groups is 1. The van der Waals surface area contributed by atoms with Crippen LogP contribution < -0.4 is 4.90 Å². The first-order valence-corrected chi connectivity index (χ1v) is 6.93. The van der Waals surface area contributed by atoms with Gasteiger partial charge in [-0.1, -0.05) is 24.6 Å². The Bertz CT molecular complexity index is 513. The fourth-order valence-electron chi connectivity index (χ4n) is 3.27. The maximum absolute atomic E-state index is 11.4. The topological polar surface area (TPSA) is 40.5 Å². The van der Waals surface area contributed by atoms with Gasteiger partial charge in [-0.05, 0) is 50.8 Å². The summed E-state index contributed by atoms with van der Waals surface area (Å²) >= 11 is 6.09. The molecule has 0 bridgehead atoms. The molecule has 0 spiro atoms. The fourth-order valence-corrected chi connectivity index (χ4v) is 3.44. The molecule has 0 radical (unpaired) electrons. The Kier molecular flexibility index (Phi) is 3.52. The number of rotatable bonds is 2. The molecule has 4 heteroatoms. The van der Waals surface area contributed by atoms with Gasteiger partial charge in [0.2, 0.25) is 0 Å². The summed E-state index contributed by atoms with van der Waals surface area (Å²) in [6.07, 6.45) is 0.930. The van der Waals surface area contributed by atoms with Gasteiger partial charge in [-0.3, -0.25) is 0 Å². The SMILES string of the molecule is C[C@@H]1CC(C)(C)N([C@H](C)C(=O)O)c2cc(Cl)ccc21. The molecule has 0 fully saturated rings. The monoisotopic (exact) mass is 281 g/mol. The van der Waals surface area contributed by atoms with Crippen molar-refractivity contribution < 1.29 is 9.90 Å². The quantitative estimate of drug-likeness (QED) is 0.894. The largest absolute Gasteiger partial charge is 0.480 e. The number of hydrogen-bond donors (Lipinski definition) is 1. The minimum Gasteiger partial charge on any atom is -0.480 e. The van der Waals surface area contributed by atoms with Crippen LogP contribution in [0.25, 0.3) is 0 Å². The van der Waals surface area contributed by atoms with E-state index in [1.165, 1.54) is 5.56 Å². The number of carboxylic acid groups (broad SMARTS) is 1. The van der Waals surface area contributed by atoms with E-state index >= 15 is 0 Å². The van der Waals surface area contributed by atoms with Crippen LogP contribution in [0, 0.1) is 0 Å². The van der Waals surface area contributed by atoms with Crippen molar-refractivity contribution in [3.8, 4) is 0 Å². The Morgan fingerprint density at radius 2 is 2.16 bits per heavy atom. The van der Waals surface area contributed by atoms with E-state index in [0.717, 1.165) is 12.1 Å². The Balaban J connectivity index is 2.60. The van der Waals surface area contributed by atoms with E-state index in [1.807, 2.05) is 23.1 Å². The van der Waals surface area contributed by atoms with E-state index in [2.05, 4.69) is 20.8 Å². The van der Waals surface area contributed by atoms with Gasteiger partial charge >= 0.3 is 5.97 Å². The van der Waals surface area contributed by atoms with Gasteiger partial charge in [-0.15, -0.1) is 0 Å². The van der Waals surface area contributed by atoms with Crippen molar-refractivity contribution in [3.63, 3.8) is 0 Å². The summed E-state index contributed by atoms with van der Waals surface area (Å²) in [5, 5.41) is 10.00. The maximum atomic E-state index is 11.4. The van der Waals surface area contributed by atoms with E-state index in [4.69, 9.17) is 11.6 Å². The van der Waals surface area contributed by atoms with Crippen LogP contribution in [0.15, 0.2) is 18.2 Å². The molecule has 1 N–H and O–H groups in total. The summed E-state index contributed by atoms with van der Waals surface area (Å²) < 4.78 is 0. The summed E-state index contributed by atoms with van der Waals surface area (Å²) in [6.45, 7) is 8.08. The molecule has 2 atom stereocenters. The second-order valence-electron chi connectivity index (χ2n) is 6.00. The zero-order valence-electron chi connectivity index (χ0n) is 11.8. The van der Waals surface area contributed by atoms with Crippen LogP contribution in [-0.4, -0.2) is 22.7 Å². The molecule has 1 aromatic carbocycles. The van der Waals surface area contributed by atoms with E-state index < -0.39 is 12.0 Å². The zero-order chi connectivity index (χ0) is 14.4. The smallest absolute Gasteiger partial charge is 0.326 e. The number of halogens is 1. The molecule has 1 aliphatic heterocycles. The first-order valence-electron chi connectivity index (χ1n) is 6.55. The van der Waals surface area contributed by atoms with Crippen LogP contribution in [0.5, 0.6) is 0 Å². The Morgan fingerprint density at radius 3 is 2.74 bits per heavy atom. The fraction of sp³-hybridized carbons (Fsp3) is 0.533. The molecule has 1 aliphatic rings. The van der Waals surface area contributed by atoms with Crippen LogP contribution in [0.2, 0.25) is 5.02 Å². The highest BCUT2D eigenvalue weighted by atomic mass is 35.5. The highest BCUT2D eigenvalue weighted by molar-refractivity contribution is 6.30. The van der Waals surface area contributed by atoms with Gasteiger partial charge in [0.1, 0.15) is 6.04 Å². The molecule has 0 saturated carbocycles. The lowest BCUT2D eigenvalue weighted by atomic mass is 9.79. The standard InChI is InChI=1S/C15H20ClNO2/c1-9-8-15(3,4)17(10(2)14(18)19)13-7-11(16)5-6-12(9)13/h5-7,9-10H,8H2,1-4H3,(H,18,19)/t9-,10-/m1/s1. The minimum absolute atomic E-state index is 0.199. The van der Waals surface area contributed by atoms with Gasteiger partial charge < -0.3 is 10.0 Å². The van der Waals surface area contributed by atoms with Crippen molar-refractivity contribution >= 4 is 23.3 Å². The third-order valence-corrected chi connectivity index (χ3v) is 4.22. The summed E-state index contributed by atoms with van der Waals surface area (Å²) in [4.78, 5) is 13.4. The normalized spacial score (nSPS) is 22.8. The molecule has 0 saturated heterocycles. The summed E-state index contributed by atoms with van der Waals surface area (Å²) in [6, 6.07) is 5.20. The average molecular weight is 282 g/mol.